The van der Waals surface area contributed by atoms with E-state index in [-0.39, 0.29) is 23.4 Å². The summed E-state index contributed by atoms with van der Waals surface area (Å²) in [4.78, 5) is 13.1. The number of amides is 1. The lowest BCUT2D eigenvalue weighted by atomic mass is 10.0. The average Bonchev–Trinajstić information content (AvgIpc) is 3.28. The van der Waals surface area contributed by atoms with Crippen molar-refractivity contribution in [2.45, 2.75) is 44.0 Å². The minimum absolute atomic E-state index is 0.112. The Kier molecular flexibility index (Phi) is 6.77. The second-order valence-electron chi connectivity index (χ2n) is 8.43. The van der Waals surface area contributed by atoms with Gasteiger partial charge in [-0.3, -0.25) is 9.10 Å². The zero-order chi connectivity index (χ0) is 23.6. The van der Waals surface area contributed by atoms with Crippen molar-refractivity contribution in [3.05, 3.63) is 94.0 Å². The van der Waals surface area contributed by atoms with Crippen LogP contribution in [0.4, 0.5) is 5.69 Å². The summed E-state index contributed by atoms with van der Waals surface area (Å²) in [6.07, 6.45) is 3.31. The van der Waals surface area contributed by atoms with Gasteiger partial charge >= 0.3 is 0 Å². The van der Waals surface area contributed by atoms with Gasteiger partial charge in [-0.15, -0.1) is 0 Å². The number of halogens is 1. The molecule has 0 fully saturated rings. The van der Waals surface area contributed by atoms with E-state index in [1.54, 1.807) is 36.4 Å². The van der Waals surface area contributed by atoms with E-state index in [2.05, 4.69) is 17.4 Å². The standard InChI is InChI=1S/C26H27ClN2O3S/c1-18-11-14-23(16-25(18)27)29(33(31,32)24-9-4-3-5-10-24)17-26(30)28-19(2)21-13-12-20-7-6-8-22(20)15-21/h3-5,9-16,19H,6-8,17H2,1-2H3,(H,28,30)/t19-/m0/s1. The Bertz CT molecular complexity index is 1280. The highest BCUT2D eigenvalue weighted by Crippen LogP contribution is 2.29. The van der Waals surface area contributed by atoms with E-state index in [4.69, 9.17) is 11.6 Å². The zero-order valence-electron chi connectivity index (χ0n) is 18.7. The molecule has 172 valence electrons. The molecule has 3 aromatic carbocycles. The van der Waals surface area contributed by atoms with Crippen molar-refractivity contribution in [2.24, 2.45) is 0 Å². The summed E-state index contributed by atoms with van der Waals surface area (Å²) in [6, 6.07) is 19.1. The van der Waals surface area contributed by atoms with Crippen LogP contribution in [-0.2, 0) is 27.7 Å². The number of fused-ring (bicyclic) bond motifs is 1. The molecule has 5 nitrogen and oxygen atoms in total. The number of carbonyl (C=O) groups is 1. The first-order valence-electron chi connectivity index (χ1n) is 11.0. The fourth-order valence-electron chi connectivity index (χ4n) is 4.13. The summed E-state index contributed by atoms with van der Waals surface area (Å²) in [5.41, 5.74) is 4.88. The lowest BCUT2D eigenvalue weighted by Gasteiger charge is -2.25. The molecule has 0 radical (unpaired) electrons. The van der Waals surface area contributed by atoms with Gasteiger partial charge in [0.1, 0.15) is 6.54 Å². The fourth-order valence-corrected chi connectivity index (χ4v) is 5.74. The molecule has 0 bridgehead atoms. The Balaban J connectivity index is 1.59. The molecule has 1 aliphatic rings. The number of carbonyl (C=O) groups excluding carboxylic acids is 1. The van der Waals surface area contributed by atoms with Crippen LogP contribution < -0.4 is 9.62 Å². The number of rotatable bonds is 7. The molecule has 0 saturated carbocycles. The zero-order valence-corrected chi connectivity index (χ0v) is 20.3. The van der Waals surface area contributed by atoms with Crippen LogP contribution >= 0.6 is 11.6 Å². The minimum atomic E-state index is -3.97. The number of aryl methyl sites for hydroxylation is 3. The molecule has 0 aromatic heterocycles. The van der Waals surface area contributed by atoms with Crippen molar-refractivity contribution >= 4 is 33.2 Å². The highest BCUT2D eigenvalue weighted by molar-refractivity contribution is 7.92. The molecule has 7 heteroatoms. The summed E-state index contributed by atoms with van der Waals surface area (Å²) in [5.74, 6) is -0.390. The third kappa shape index (κ3) is 5.07. The second kappa shape index (κ2) is 9.57. The average molecular weight is 483 g/mol. The van der Waals surface area contributed by atoms with Gasteiger partial charge in [0.2, 0.25) is 5.91 Å². The number of benzene rings is 3. The smallest absolute Gasteiger partial charge is 0.264 e. The monoisotopic (exact) mass is 482 g/mol. The summed E-state index contributed by atoms with van der Waals surface area (Å²) in [6.45, 7) is 3.40. The molecule has 0 saturated heterocycles. The number of nitrogens with one attached hydrogen (secondary N) is 1. The summed E-state index contributed by atoms with van der Waals surface area (Å²) < 4.78 is 28.0. The third-order valence-electron chi connectivity index (χ3n) is 6.06. The highest BCUT2D eigenvalue weighted by Gasteiger charge is 2.28. The van der Waals surface area contributed by atoms with Crippen LogP contribution in [0.3, 0.4) is 0 Å². The summed E-state index contributed by atoms with van der Waals surface area (Å²) in [7, 11) is -3.97. The molecular weight excluding hydrogens is 456 g/mol. The lowest BCUT2D eigenvalue weighted by Crippen LogP contribution is -2.41. The van der Waals surface area contributed by atoms with Crippen LogP contribution in [0, 0.1) is 6.92 Å². The predicted molar refractivity (Wildman–Crippen MR) is 132 cm³/mol. The molecule has 0 unspecified atom stereocenters. The molecule has 33 heavy (non-hydrogen) atoms. The first-order valence-corrected chi connectivity index (χ1v) is 12.8. The van der Waals surface area contributed by atoms with Gasteiger partial charge in [-0.1, -0.05) is 54.1 Å². The molecule has 1 amide bonds. The van der Waals surface area contributed by atoms with Gasteiger partial charge < -0.3 is 5.32 Å². The van der Waals surface area contributed by atoms with Crippen LogP contribution in [0.2, 0.25) is 5.02 Å². The van der Waals surface area contributed by atoms with Crippen LogP contribution in [-0.4, -0.2) is 20.9 Å². The van der Waals surface area contributed by atoms with E-state index in [1.165, 1.54) is 23.3 Å². The maximum Gasteiger partial charge on any atom is 0.264 e. The Hall–Kier alpha value is -2.83. The molecule has 1 N–H and O–H groups in total. The van der Waals surface area contributed by atoms with Gasteiger partial charge in [0, 0.05) is 5.02 Å². The Labute approximate surface area is 200 Å². The SMILES string of the molecule is Cc1ccc(N(CC(=O)N[C@@H](C)c2ccc3c(c2)CCC3)S(=O)(=O)c2ccccc2)cc1Cl. The number of sulfonamides is 1. The molecule has 1 aliphatic carbocycles. The third-order valence-corrected chi connectivity index (χ3v) is 8.26. The van der Waals surface area contributed by atoms with Crippen LogP contribution in [0.5, 0.6) is 0 Å². The molecular formula is C26H27ClN2O3S. The van der Waals surface area contributed by atoms with Gasteiger partial charge in [0.15, 0.2) is 0 Å². The molecule has 1 atom stereocenters. The predicted octanol–water partition coefficient (Wildman–Crippen LogP) is 5.21. The summed E-state index contributed by atoms with van der Waals surface area (Å²) >= 11 is 6.28. The second-order valence-corrected chi connectivity index (χ2v) is 10.7. The van der Waals surface area contributed by atoms with E-state index < -0.39 is 10.0 Å². The maximum atomic E-state index is 13.5. The molecule has 0 spiro atoms. The first kappa shape index (κ1) is 23.3. The van der Waals surface area contributed by atoms with E-state index in [9.17, 15) is 13.2 Å². The maximum absolute atomic E-state index is 13.5. The first-order chi connectivity index (χ1) is 15.8. The van der Waals surface area contributed by atoms with Crippen molar-refractivity contribution in [2.75, 3.05) is 10.8 Å². The van der Waals surface area contributed by atoms with Gasteiger partial charge in [-0.2, -0.15) is 0 Å². The van der Waals surface area contributed by atoms with E-state index >= 15 is 0 Å². The van der Waals surface area contributed by atoms with E-state index in [0.717, 1.165) is 34.7 Å². The topological polar surface area (TPSA) is 66.5 Å². The minimum Gasteiger partial charge on any atom is -0.348 e. The molecule has 3 aromatic rings. The molecule has 0 aliphatic heterocycles. The lowest BCUT2D eigenvalue weighted by molar-refractivity contribution is -0.120. The number of anilines is 1. The van der Waals surface area contributed by atoms with Gasteiger partial charge in [0.25, 0.3) is 10.0 Å². The number of nitrogens with zero attached hydrogens (tertiary/aromatic N) is 1. The van der Waals surface area contributed by atoms with Gasteiger partial charge in [-0.05, 0) is 79.6 Å². The highest BCUT2D eigenvalue weighted by atomic mass is 35.5. The Morgan fingerprint density at radius 1 is 1.03 bits per heavy atom. The number of hydrogen-bond donors (Lipinski definition) is 1. The van der Waals surface area contributed by atoms with Crippen molar-refractivity contribution in [1.82, 2.24) is 5.32 Å². The van der Waals surface area contributed by atoms with Crippen LogP contribution in [0.1, 0.15) is 41.6 Å². The largest absolute Gasteiger partial charge is 0.348 e. The Morgan fingerprint density at radius 3 is 2.48 bits per heavy atom. The molecule has 0 heterocycles. The summed E-state index contributed by atoms with van der Waals surface area (Å²) in [5, 5.41) is 3.40. The van der Waals surface area contributed by atoms with Crippen LogP contribution in [0.25, 0.3) is 0 Å². The van der Waals surface area contributed by atoms with Crippen LogP contribution in [0.15, 0.2) is 71.6 Å². The normalized spacial score (nSPS) is 13.9. The van der Waals surface area contributed by atoms with Crippen molar-refractivity contribution in [1.29, 1.82) is 0 Å². The quantitative estimate of drug-likeness (QED) is 0.502. The van der Waals surface area contributed by atoms with E-state index in [0.29, 0.717) is 10.7 Å². The molecule has 4 rings (SSSR count). The van der Waals surface area contributed by atoms with E-state index in [1.807, 2.05) is 19.9 Å². The van der Waals surface area contributed by atoms with Gasteiger partial charge in [-0.25, -0.2) is 8.42 Å². The fraction of sp³-hybridized carbons (Fsp3) is 0.269. The Morgan fingerprint density at radius 2 is 1.76 bits per heavy atom. The van der Waals surface area contributed by atoms with Crippen molar-refractivity contribution < 1.29 is 13.2 Å². The van der Waals surface area contributed by atoms with Gasteiger partial charge in [0.05, 0.1) is 16.6 Å². The van der Waals surface area contributed by atoms with Crippen molar-refractivity contribution in [3.63, 3.8) is 0 Å². The number of hydrogen-bond acceptors (Lipinski definition) is 3. The van der Waals surface area contributed by atoms with Crippen molar-refractivity contribution in [3.8, 4) is 0 Å².